The number of hydrogen-bond donors (Lipinski definition) is 1. The quantitative estimate of drug-likeness (QED) is 0.691. The maximum absolute atomic E-state index is 13.5. The number of fused-ring (bicyclic) bond motifs is 1. The molecule has 5 nitrogen and oxygen atoms in total. The van der Waals surface area contributed by atoms with Gasteiger partial charge in [-0.05, 0) is 48.6 Å². The summed E-state index contributed by atoms with van der Waals surface area (Å²) in [6.45, 7) is 0. The lowest BCUT2D eigenvalue weighted by molar-refractivity contribution is -0.384. The first-order valence-electron chi connectivity index (χ1n) is 6.79. The van der Waals surface area contributed by atoms with Gasteiger partial charge in [-0.25, -0.2) is 9.37 Å². The van der Waals surface area contributed by atoms with Crippen LogP contribution in [0.2, 0.25) is 0 Å². The zero-order valence-electron chi connectivity index (χ0n) is 11.3. The minimum absolute atomic E-state index is 0.0685. The topological polar surface area (TPSA) is 68.1 Å². The van der Waals surface area contributed by atoms with E-state index in [1.807, 2.05) is 0 Å². The largest absolute Gasteiger partial charge is 0.358 e. The first kappa shape index (κ1) is 13.5. The van der Waals surface area contributed by atoms with Gasteiger partial charge in [0.15, 0.2) is 0 Å². The molecular weight excluding hydrogens is 273 g/mol. The van der Waals surface area contributed by atoms with Crippen LogP contribution in [0, 0.1) is 15.9 Å². The Bertz CT molecular complexity index is 690. The van der Waals surface area contributed by atoms with Crippen molar-refractivity contribution in [3.8, 4) is 0 Å². The lowest BCUT2D eigenvalue weighted by atomic mass is 9.87. The van der Waals surface area contributed by atoms with Crippen LogP contribution in [0.15, 0.2) is 36.5 Å². The van der Waals surface area contributed by atoms with E-state index in [1.54, 1.807) is 6.07 Å². The Kier molecular flexibility index (Phi) is 3.51. The van der Waals surface area contributed by atoms with Crippen LogP contribution in [-0.4, -0.2) is 9.91 Å². The normalized spacial score (nSPS) is 17.1. The van der Waals surface area contributed by atoms with Crippen LogP contribution in [0.3, 0.4) is 0 Å². The molecule has 0 fully saturated rings. The minimum Gasteiger partial charge on any atom is -0.358 e. The number of rotatable bonds is 3. The smallest absolute Gasteiger partial charge is 0.311 e. The standard InChI is InChI=1S/C15H14FN3O2/c16-11-7-6-10-3-1-4-13(12(10)9-11)18-15-14(19(20)21)5-2-8-17-15/h2,5-9,13H,1,3-4H2,(H,17,18). The van der Waals surface area contributed by atoms with Crippen molar-refractivity contribution in [2.75, 3.05) is 5.32 Å². The highest BCUT2D eigenvalue weighted by Gasteiger charge is 2.24. The molecule has 1 N–H and O–H groups in total. The van der Waals surface area contributed by atoms with Gasteiger partial charge in [0.2, 0.25) is 5.82 Å². The third kappa shape index (κ3) is 2.69. The minimum atomic E-state index is -0.468. The molecule has 6 heteroatoms. The summed E-state index contributed by atoms with van der Waals surface area (Å²) in [6.07, 6.45) is 4.16. The summed E-state index contributed by atoms with van der Waals surface area (Å²) in [5, 5.41) is 14.1. The van der Waals surface area contributed by atoms with Crippen LogP contribution >= 0.6 is 0 Å². The fourth-order valence-electron chi connectivity index (χ4n) is 2.74. The Morgan fingerprint density at radius 1 is 1.38 bits per heavy atom. The van der Waals surface area contributed by atoms with Gasteiger partial charge in [0.25, 0.3) is 0 Å². The van der Waals surface area contributed by atoms with Crippen LogP contribution < -0.4 is 5.32 Å². The average molecular weight is 287 g/mol. The van der Waals surface area contributed by atoms with E-state index in [9.17, 15) is 14.5 Å². The van der Waals surface area contributed by atoms with Crippen LogP contribution in [0.5, 0.6) is 0 Å². The summed E-state index contributed by atoms with van der Waals surface area (Å²) in [5.41, 5.74) is 1.88. The number of nitrogens with one attached hydrogen (secondary N) is 1. The van der Waals surface area contributed by atoms with Gasteiger partial charge in [0, 0.05) is 12.3 Å². The van der Waals surface area contributed by atoms with Crippen molar-refractivity contribution in [3.05, 3.63) is 63.6 Å². The second-order valence-electron chi connectivity index (χ2n) is 5.06. The first-order chi connectivity index (χ1) is 10.1. The molecule has 1 aromatic heterocycles. The van der Waals surface area contributed by atoms with E-state index in [4.69, 9.17) is 0 Å². The summed E-state index contributed by atoms with van der Waals surface area (Å²) in [4.78, 5) is 14.6. The van der Waals surface area contributed by atoms with Crippen LogP contribution in [-0.2, 0) is 6.42 Å². The lowest BCUT2D eigenvalue weighted by Crippen LogP contribution is -2.18. The monoisotopic (exact) mass is 287 g/mol. The Morgan fingerprint density at radius 2 is 2.24 bits per heavy atom. The molecule has 108 valence electrons. The zero-order chi connectivity index (χ0) is 14.8. The Hall–Kier alpha value is -2.50. The van der Waals surface area contributed by atoms with E-state index in [2.05, 4.69) is 10.3 Å². The van der Waals surface area contributed by atoms with Crippen molar-refractivity contribution < 1.29 is 9.31 Å². The van der Waals surface area contributed by atoms with Gasteiger partial charge in [0.1, 0.15) is 5.82 Å². The highest BCUT2D eigenvalue weighted by atomic mass is 19.1. The molecule has 0 radical (unpaired) electrons. The molecule has 0 amide bonds. The summed E-state index contributed by atoms with van der Waals surface area (Å²) in [6, 6.07) is 7.51. The molecule has 0 saturated carbocycles. The molecule has 3 rings (SSSR count). The number of benzene rings is 1. The van der Waals surface area contributed by atoms with Gasteiger partial charge in [0.05, 0.1) is 11.0 Å². The first-order valence-corrected chi connectivity index (χ1v) is 6.79. The summed E-state index contributed by atoms with van der Waals surface area (Å²) >= 11 is 0. The van der Waals surface area contributed by atoms with Crippen molar-refractivity contribution >= 4 is 11.5 Å². The molecule has 0 saturated heterocycles. The van der Waals surface area contributed by atoms with Gasteiger partial charge >= 0.3 is 5.69 Å². The molecule has 2 aromatic rings. The number of aryl methyl sites for hydroxylation is 1. The fourth-order valence-corrected chi connectivity index (χ4v) is 2.74. The van der Waals surface area contributed by atoms with Crippen molar-refractivity contribution in [2.45, 2.75) is 25.3 Å². The van der Waals surface area contributed by atoms with Crippen molar-refractivity contribution in [3.63, 3.8) is 0 Å². The zero-order valence-corrected chi connectivity index (χ0v) is 11.3. The molecule has 1 aliphatic carbocycles. The molecule has 1 aliphatic rings. The highest BCUT2D eigenvalue weighted by molar-refractivity contribution is 5.56. The van der Waals surface area contributed by atoms with Gasteiger partial charge in [-0.15, -0.1) is 0 Å². The predicted molar refractivity (Wildman–Crippen MR) is 76.6 cm³/mol. The number of hydrogen-bond acceptors (Lipinski definition) is 4. The van der Waals surface area contributed by atoms with E-state index in [0.29, 0.717) is 0 Å². The SMILES string of the molecule is O=[N+]([O-])c1cccnc1NC1CCCc2ccc(F)cc21. The molecule has 21 heavy (non-hydrogen) atoms. The Morgan fingerprint density at radius 3 is 3.05 bits per heavy atom. The molecule has 0 aliphatic heterocycles. The number of anilines is 1. The van der Waals surface area contributed by atoms with Crippen molar-refractivity contribution in [1.29, 1.82) is 0 Å². The second-order valence-corrected chi connectivity index (χ2v) is 5.06. The Labute approximate surface area is 121 Å². The van der Waals surface area contributed by atoms with E-state index in [-0.39, 0.29) is 23.4 Å². The molecule has 1 heterocycles. The van der Waals surface area contributed by atoms with Gasteiger partial charge < -0.3 is 5.32 Å². The number of nitro groups is 1. The summed E-state index contributed by atoms with van der Waals surface area (Å²) < 4.78 is 13.5. The maximum atomic E-state index is 13.5. The number of nitrogens with zero attached hydrogens (tertiary/aromatic N) is 2. The van der Waals surface area contributed by atoms with Crippen molar-refractivity contribution in [2.24, 2.45) is 0 Å². The number of pyridine rings is 1. The third-order valence-electron chi connectivity index (χ3n) is 3.72. The fraction of sp³-hybridized carbons (Fsp3) is 0.267. The third-order valence-corrected chi connectivity index (χ3v) is 3.72. The second kappa shape index (κ2) is 5.47. The van der Waals surface area contributed by atoms with Gasteiger partial charge in [-0.3, -0.25) is 10.1 Å². The van der Waals surface area contributed by atoms with Gasteiger partial charge in [-0.1, -0.05) is 6.07 Å². The van der Waals surface area contributed by atoms with Crippen LogP contribution in [0.4, 0.5) is 15.9 Å². The summed E-state index contributed by atoms with van der Waals surface area (Å²) in [7, 11) is 0. The number of halogens is 1. The molecule has 0 bridgehead atoms. The maximum Gasteiger partial charge on any atom is 0.311 e. The van der Waals surface area contributed by atoms with Crippen molar-refractivity contribution in [1.82, 2.24) is 4.98 Å². The predicted octanol–water partition coefficient (Wildman–Crippen LogP) is 3.62. The van der Waals surface area contributed by atoms with Crippen LogP contribution in [0.1, 0.15) is 30.0 Å². The average Bonchev–Trinajstić information content (AvgIpc) is 2.48. The van der Waals surface area contributed by atoms with E-state index >= 15 is 0 Å². The molecule has 1 unspecified atom stereocenters. The lowest BCUT2D eigenvalue weighted by Gasteiger charge is -2.26. The summed E-state index contributed by atoms with van der Waals surface area (Å²) in [5.74, 6) is -0.0671. The molecule has 1 atom stereocenters. The van der Waals surface area contributed by atoms with E-state index in [0.717, 1.165) is 30.4 Å². The number of aromatic nitrogens is 1. The van der Waals surface area contributed by atoms with E-state index in [1.165, 1.54) is 30.5 Å². The van der Waals surface area contributed by atoms with Crippen LogP contribution in [0.25, 0.3) is 0 Å². The molecule has 1 aromatic carbocycles. The van der Waals surface area contributed by atoms with E-state index < -0.39 is 4.92 Å². The highest BCUT2D eigenvalue weighted by Crippen LogP contribution is 2.34. The Balaban J connectivity index is 1.94. The molecular formula is C15H14FN3O2. The molecule has 0 spiro atoms. The van der Waals surface area contributed by atoms with Gasteiger partial charge in [-0.2, -0.15) is 0 Å².